The first kappa shape index (κ1) is 15.8. The fraction of sp³-hybridized carbons (Fsp3) is 0.500. The highest BCUT2D eigenvalue weighted by atomic mass is 79.9. The van der Waals surface area contributed by atoms with E-state index in [1.807, 2.05) is 27.7 Å². The van der Waals surface area contributed by atoms with E-state index in [0.29, 0.717) is 16.7 Å². The van der Waals surface area contributed by atoms with Gasteiger partial charge in [-0.25, -0.2) is 4.68 Å². The molecule has 2 rings (SSSR count). The third-order valence-electron chi connectivity index (χ3n) is 3.31. The van der Waals surface area contributed by atoms with Gasteiger partial charge in [0.1, 0.15) is 10.2 Å². The second kappa shape index (κ2) is 6.43. The molecule has 1 N–H and O–H groups in total. The molecule has 1 unspecified atom stereocenters. The molecule has 0 aliphatic heterocycles. The molecule has 6 nitrogen and oxygen atoms in total. The van der Waals surface area contributed by atoms with Gasteiger partial charge in [0, 0.05) is 12.1 Å². The lowest BCUT2D eigenvalue weighted by Crippen LogP contribution is -2.24. The standard InChI is InChI=1S/C14H19BrN4O2/c1-5-6-19-14(20)13(15)11(7-16-19)17-8(2)12-9(3)18-21-10(12)4/h7-8,17H,5-6H2,1-4H3. The first-order chi connectivity index (χ1) is 9.95. The Balaban J connectivity index is 2.28. The Morgan fingerprint density at radius 1 is 1.48 bits per heavy atom. The molecule has 0 spiro atoms. The molecule has 0 radical (unpaired) electrons. The van der Waals surface area contributed by atoms with Crippen molar-refractivity contribution in [1.29, 1.82) is 0 Å². The zero-order valence-corrected chi connectivity index (χ0v) is 14.2. The molecule has 21 heavy (non-hydrogen) atoms. The van der Waals surface area contributed by atoms with Crippen molar-refractivity contribution in [2.75, 3.05) is 5.32 Å². The second-order valence-corrected chi connectivity index (χ2v) is 5.80. The molecule has 0 saturated heterocycles. The minimum absolute atomic E-state index is 0.0317. The van der Waals surface area contributed by atoms with E-state index in [1.54, 1.807) is 6.20 Å². The molecule has 0 aliphatic carbocycles. The maximum absolute atomic E-state index is 12.2. The maximum atomic E-state index is 12.2. The Hall–Kier alpha value is -1.63. The zero-order chi connectivity index (χ0) is 15.6. The van der Waals surface area contributed by atoms with Crippen LogP contribution in [0.2, 0.25) is 0 Å². The number of nitrogens with one attached hydrogen (secondary N) is 1. The van der Waals surface area contributed by atoms with Crippen molar-refractivity contribution in [3.05, 3.63) is 38.0 Å². The van der Waals surface area contributed by atoms with Gasteiger partial charge in [0.25, 0.3) is 5.56 Å². The fourth-order valence-electron chi connectivity index (χ4n) is 2.35. The van der Waals surface area contributed by atoms with E-state index in [9.17, 15) is 4.79 Å². The van der Waals surface area contributed by atoms with E-state index in [4.69, 9.17) is 4.52 Å². The van der Waals surface area contributed by atoms with Gasteiger partial charge in [-0.05, 0) is 43.1 Å². The normalized spacial score (nSPS) is 12.4. The molecule has 0 amide bonds. The molecule has 2 aromatic rings. The number of rotatable bonds is 5. The maximum Gasteiger partial charge on any atom is 0.283 e. The third kappa shape index (κ3) is 3.18. The average molecular weight is 355 g/mol. The number of aryl methyl sites for hydroxylation is 3. The molecule has 7 heteroatoms. The highest BCUT2D eigenvalue weighted by Crippen LogP contribution is 2.27. The first-order valence-electron chi connectivity index (χ1n) is 6.90. The molecular weight excluding hydrogens is 336 g/mol. The van der Waals surface area contributed by atoms with Crippen LogP contribution < -0.4 is 10.9 Å². The Labute approximate surface area is 131 Å². The summed E-state index contributed by atoms with van der Waals surface area (Å²) in [7, 11) is 0. The van der Waals surface area contributed by atoms with Crippen molar-refractivity contribution in [3.8, 4) is 0 Å². The monoisotopic (exact) mass is 354 g/mol. The second-order valence-electron chi connectivity index (χ2n) is 5.00. The predicted molar refractivity (Wildman–Crippen MR) is 84.5 cm³/mol. The van der Waals surface area contributed by atoms with Gasteiger partial charge in [-0.3, -0.25) is 4.79 Å². The Kier molecular flexibility index (Phi) is 4.82. The summed E-state index contributed by atoms with van der Waals surface area (Å²) >= 11 is 3.35. The summed E-state index contributed by atoms with van der Waals surface area (Å²) in [5, 5.41) is 11.4. The number of halogens is 1. The molecule has 2 aromatic heterocycles. The van der Waals surface area contributed by atoms with Gasteiger partial charge in [0.2, 0.25) is 0 Å². The van der Waals surface area contributed by atoms with E-state index in [-0.39, 0.29) is 11.6 Å². The van der Waals surface area contributed by atoms with Crippen LogP contribution in [-0.4, -0.2) is 14.9 Å². The number of hydrogen-bond acceptors (Lipinski definition) is 5. The van der Waals surface area contributed by atoms with Gasteiger partial charge < -0.3 is 9.84 Å². The van der Waals surface area contributed by atoms with Crippen LogP contribution in [0.15, 0.2) is 20.0 Å². The molecule has 0 aromatic carbocycles. The highest BCUT2D eigenvalue weighted by Gasteiger charge is 2.18. The third-order valence-corrected chi connectivity index (χ3v) is 4.08. The summed E-state index contributed by atoms with van der Waals surface area (Å²) in [6.07, 6.45) is 2.53. The largest absolute Gasteiger partial charge is 0.376 e. The van der Waals surface area contributed by atoms with Crippen LogP contribution in [0, 0.1) is 13.8 Å². The van der Waals surface area contributed by atoms with Gasteiger partial charge in [0.15, 0.2) is 0 Å². The number of aromatic nitrogens is 3. The molecule has 0 aliphatic rings. The number of nitrogens with zero attached hydrogens (tertiary/aromatic N) is 3. The van der Waals surface area contributed by atoms with E-state index in [1.165, 1.54) is 4.68 Å². The molecule has 0 fully saturated rings. The van der Waals surface area contributed by atoms with Gasteiger partial charge in [-0.1, -0.05) is 12.1 Å². The minimum atomic E-state index is -0.132. The molecule has 1 atom stereocenters. The quantitative estimate of drug-likeness (QED) is 0.892. The summed E-state index contributed by atoms with van der Waals surface area (Å²) in [5.41, 5.74) is 2.38. The average Bonchev–Trinajstić information content (AvgIpc) is 2.78. The number of anilines is 1. The van der Waals surface area contributed by atoms with Crippen LogP contribution >= 0.6 is 15.9 Å². The van der Waals surface area contributed by atoms with Gasteiger partial charge in [-0.15, -0.1) is 0 Å². The SMILES string of the molecule is CCCn1ncc(NC(C)c2c(C)noc2C)c(Br)c1=O. The van der Waals surface area contributed by atoms with E-state index < -0.39 is 0 Å². The van der Waals surface area contributed by atoms with Crippen LogP contribution in [0.3, 0.4) is 0 Å². The van der Waals surface area contributed by atoms with Gasteiger partial charge in [0.05, 0.1) is 23.6 Å². The van der Waals surface area contributed by atoms with Crippen LogP contribution in [0.1, 0.15) is 43.3 Å². The topological polar surface area (TPSA) is 73.0 Å². The van der Waals surface area contributed by atoms with Crippen molar-refractivity contribution in [1.82, 2.24) is 14.9 Å². The summed E-state index contributed by atoms with van der Waals surface area (Å²) in [4.78, 5) is 12.2. The molecule has 0 saturated carbocycles. The fourth-order valence-corrected chi connectivity index (χ4v) is 2.77. The lowest BCUT2D eigenvalue weighted by Gasteiger charge is -2.16. The first-order valence-corrected chi connectivity index (χ1v) is 7.69. The zero-order valence-electron chi connectivity index (χ0n) is 12.6. The van der Waals surface area contributed by atoms with Gasteiger partial charge in [-0.2, -0.15) is 5.10 Å². The summed E-state index contributed by atoms with van der Waals surface area (Å²) < 4.78 is 7.12. The van der Waals surface area contributed by atoms with Crippen LogP contribution in [-0.2, 0) is 6.54 Å². The van der Waals surface area contributed by atoms with E-state index in [0.717, 1.165) is 23.4 Å². The number of hydrogen-bond donors (Lipinski definition) is 1. The van der Waals surface area contributed by atoms with Crippen molar-refractivity contribution in [2.45, 2.75) is 46.7 Å². The lowest BCUT2D eigenvalue weighted by molar-refractivity contribution is 0.392. The lowest BCUT2D eigenvalue weighted by atomic mass is 10.1. The summed E-state index contributed by atoms with van der Waals surface area (Å²) in [6, 6.07) is -0.0317. The van der Waals surface area contributed by atoms with E-state index >= 15 is 0 Å². The van der Waals surface area contributed by atoms with Crippen molar-refractivity contribution in [2.24, 2.45) is 0 Å². The Morgan fingerprint density at radius 3 is 2.76 bits per heavy atom. The Bertz CT molecular complexity index is 673. The van der Waals surface area contributed by atoms with Crippen LogP contribution in [0.4, 0.5) is 5.69 Å². The van der Waals surface area contributed by atoms with Crippen LogP contribution in [0.5, 0.6) is 0 Å². The van der Waals surface area contributed by atoms with Gasteiger partial charge >= 0.3 is 0 Å². The smallest absolute Gasteiger partial charge is 0.283 e. The predicted octanol–water partition coefficient (Wildman–Crippen LogP) is 3.19. The van der Waals surface area contributed by atoms with Crippen molar-refractivity contribution in [3.63, 3.8) is 0 Å². The van der Waals surface area contributed by atoms with Crippen molar-refractivity contribution < 1.29 is 4.52 Å². The highest BCUT2D eigenvalue weighted by molar-refractivity contribution is 9.10. The van der Waals surface area contributed by atoms with Crippen molar-refractivity contribution >= 4 is 21.6 Å². The molecule has 2 heterocycles. The van der Waals surface area contributed by atoms with E-state index in [2.05, 4.69) is 31.5 Å². The van der Waals surface area contributed by atoms with Crippen LogP contribution in [0.25, 0.3) is 0 Å². The summed E-state index contributed by atoms with van der Waals surface area (Å²) in [6.45, 7) is 8.39. The summed E-state index contributed by atoms with van der Waals surface area (Å²) in [5.74, 6) is 0.774. The molecule has 114 valence electrons. The molecular formula is C14H19BrN4O2. The molecule has 0 bridgehead atoms. The minimum Gasteiger partial charge on any atom is -0.376 e. The Morgan fingerprint density at radius 2 is 2.19 bits per heavy atom.